The van der Waals surface area contributed by atoms with Crippen molar-refractivity contribution in [2.45, 2.75) is 43.5 Å². The van der Waals surface area contributed by atoms with E-state index in [0.717, 1.165) is 0 Å². The minimum Gasteiger partial charge on any atom is -0.454 e. The van der Waals surface area contributed by atoms with Crippen molar-refractivity contribution in [3.63, 3.8) is 0 Å². The molecule has 0 aromatic heterocycles. The molecule has 1 fully saturated rings. The Morgan fingerprint density at radius 3 is 2.06 bits per heavy atom. The van der Waals surface area contributed by atoms with E-state index in [9.17, 15) is 14.4 Å². The molecular formula is C24H26N2O7S2. The maximum Gasteiger partial charge on any atom is 0.412 e. The molecule has 0 radical (unpaired) electrons. The standard InChI is InChI=1S/C24H26N2O7S2/c1-14(27)25-18-19(32-23(29)26-16-10-6-4-7-11-16)20(30-15(2)28)21(22(18)35-3)33-24(34)31-17-12-8-5-9-13-17/h4-13,18-22H,1-3H3,(H,25,27)(H,26,29)/t18-,19+,20+,21+,22+/m0/s1. The lowest BCUT2D eigenvalue weighted by molar-refractivity contribution is -0.156. The molecule has 186 valence electrons. The largest absolute Gasteiger partial charge is 0.454 e. The Labute approximate surface area is 212 Å². The maximum absolute atomic E-state index is 12.7. The molecule has 11 heteroatoms. The van der Waals surface area contributed by atoms with Crippen LogP contribution < -0.4 is 15.4 Å². The van der Waals surface area contributed by atoms with E-state index >= 15 is 0 Å². The average molecular weight is 519 g/mol. The molecule has 0 bridgehead atoms. The number of para-hydroxylation sites is 2. The summed E-state index contributed by atoms with van der Waals surface area (Å²) in [6.45, 7) is 2.58. The number of ether oxygens (including phenoxy) is 4. The molecule has 2 amide bonds. The second-order valence-electron chi connectivity index (χ2n) is 7.61. The van der Waals surface area contributed by atoms with E-state index in [1.54, 1.807) is 54.8 Å². The van der Waals surface area contributed by atoms with Gasteiger partial charge in [0.1, 0.15) is 5.75 Å². The van der Waals surface area contributed by atoms with Gasteiger partial charge in [0.25, 0.3) is 0 Å². The van der Waals surface area contributed by atoms with Crippen molar-refractivity contribution in [3.05, 3.63) is 60.7 Å². The fraction of sp³-hybridized carbons (Fsp3) is 0.333. The number of carbonyl (C=O) groups excluding carboxylic acids is 3. The zero-order valence-electron chi connectivity index (χ0n) is 19.3. The zero-order chi connectivity index (χ0) is 25.4. The summed E-state index contributed by atoms with van der Waals surface area (Å²) < 4.78 is 22.7. The van der Waals surface area contributed by atoms with Crippen molar-refractivity contribution >= 4 is 52.9 Å². The van der Waals surface area contributed by atoms with E-state index in [1.165, 1.54) is 25.6 Å². The monoisotopic (exact) mass is 518 g/mol. The number of thioether (sulfide) groups is 1. The molecule has 0 spiro atoms. The molecule has 0 saturated heterocycles. The fourth-order valence-electron chi connectivity index (χ4n) is 3.76. The van der Waals surface area contributed by atoms with E-state index in [4.69, 9.17) is 31.2 Å². The summed E-state index contributed by atoms with van der Waals surface area (Å²) in [6, 6.07) is 16.8. The van der Waals surface area contributed by atoms with Gasteiger partial charge in [-0.2, -0.15) is 11.8 Å². The minimum atomic E-state index is -1.07. The molecule has 35 heavy (non-hydrogen) atoms. The molecule has 0 heterocycles. The summed E-state index contributed by atoms with van der Waals surface area (Å²) in [5.74, 6) is -0.496. The smallest absolute Gasteiger partial charge is 0.412 e. The first-order chi connectivity index (χ1) is 16.8. The SMILES string of the molecule is CS[C@@H]1[C@@H](NC(C)=O)[C@@H](OC(=O)Nc2ccccc2)[C@@H](OC(C)=O)[C@H]1OC(=S)Oc1ccccc1. The molecule has 2 N–H and O–H groups in total. The first-order valence-corrected chi connectivity index (χ1v) is 12.4. The van der Waals surface area contributed by atoms with Crippen molar-refractivity contribution in [2.24, 2.45) is 0 Å². The summed E-state index contributed by atoms with van der Waals surface area (Å²) in [5.41, 5.74) is 0.516. The van der Waals surface area contributed by atoms with Crippen LogP contribution in [0.15, 0.2) is 60.7 Å². The van der Waals surface area contributed by atoms with Gasteiger partial charge in [-0.15, -0.1) is 0 Å². The second-order valence-corrected chi connectivity index (χ2v) is 8.96. The highest BCUT2D eigenvalue weighted by Gasteiger charge is 2.57. The van der Waals surface area contributed by atoms with Crippen LogP contribution in [-0.2, 0) is 23.8 Å². The Balaban J connectivity index is 1.85. The van der Waals surface area contributed by atoms with Gasteiger partial charge in [0, 0.05) is 31.8 Å². The van der Waals surface area contributed by atoms with Gasteiger partial charge in [-0.3, -0.25) is 14.9 Å². The number of thiocarbonyl (C=S) groups is 1. The lowest BCUT2D eigenvalue weighted by atomic mass is 10.2. The highest BCUT2D eigenvalue weighted by atomic mass is 32.2. The molecule has 1 aliphatic rings. The number of carbonyl (C=O) groups is 3. The van der Waals surface area contributed by atoms with Gasteiger partial charge in [-0.05, 0) is 30.5 Å². The molecule has 2 aromatic rings. The van der Waals surface area contributed by atoms with Gasteiger partial charge in [-0.25, -0.2) is 4.79 Å². The Morgan fingerprint density at radius 2 is 1.49 bits per heavy atom. The molecular weight excluding hydrogens is 492 g/mol. The summed E-state index contributed by atoms with van der Waals surface area (Å²) in [4.78, 5) is 36.7. The van der Waals surface area contributed by atoms with Crippen LogP contribution in [0.5, 0.6) is 5.75 Å². The van der Waals surface area contributed by atoms with Gasteiger partial charge in [-0.1, -0.05) is 36.4 Å². The van der Waals surface area contributed by atoms with Gasteiger partial charge in [0.05, 0.1) is 11.3 Å². The molecule has 1 aliphatic carbocycles. The normalized spacial score (nSPS) is 23.0. The third-order valence-electron chi connectivity index (χ3n) is 5.06. The van der Waals surface area contributed by atoms with E-state index in [0.29, 0.717) is 11.4 Å². The van der Waals surface area contributed by atoms with E-state index in [1.807, 2.05) is 12.1 Å². The Hall–Kier alpha value is -3.31. The van der Waals surface area contributed by atoms with Crippen LogP contribution in [0.4, 0.5) is 10.5 Å². The lowest BCUT2D eigenvalue weighted by Crippen LogP contribution is -2.49. The Kier molecular flexibility index (Phi) is 9.32. The predicted octanol–water partition coefficient (Wildman–Crippen LogP) is 3.53. The molecule has 0 unspecified atom stereocenters. The lowest BCUT2D eigenvalue weighted by Gasteiger charge is -2.26. The number of rotatable bonds is 7. The van der Waals surface area contributed by atoms with Crippen LogP contribution in [0.25, 0.3) is 0 Å². The van der Waals surface area contributed by atoms with Crippen LogP contribution in [-0.4, -0.2) is 59.1 Å². The van der Waals surface area contributed by atoms with E-state index in [-0.39, 0.29) is 11.1 Å². The summed E-state index contributed by atoms with van der Waals surface area (Å²) >= 11 is 6.62. The van der Waals surface area contributed by atoms with Gasteiger partial charge in [0.15, 0.2) is 18.3 Å². The summed E-state index contributed by atoms with van der Waals surface area (Å²) in [6.07, 6.45) is -1.99. The minimum absolute atomic E-state index is 0.201. The average Bonchev–Trinajstić information content (AvgIpc) is 3.05. The molecule has 2 aromatic carbocycles. The van der Waals surface area contributed by atoms with Crippen molar-refractivity contribution in [1.29, 1.82) is 0 Å². The van der Waals surface area contributed by atoms with Crippen LogP contribution in [0, 0.1) is 0 Å². The molecule has 0 aliphatic heterocycles. The molecule has 3 rings (SSSR count). The Bertz CT molecular complexity index is 1040. The van der Waals surface area contributed by atoms with Crippen molar-refractivity contribution in [3.8, 4) is 5.75 Å². The highest BCUT2D eigenvalue weighted by Crippen LogP contribution is 2.36. The Morgan fingerprint density at radius 1 is 0.857 bits per heavy atom. The molecule has 1 saturated carbocycles. The third kappa shape index (κ3) is 7.33. The van der Waals surface area contributed by atoms with Crippen LogP contribution >= 0.6 is 24.0 Å². The fourth-order valence-corrected chi connectivity index (χ4v) is 4.96. The number of esters is 1. The number of nitrogens with one attached hydrogen (secondary N) is 2. The number of anilines is 1. The number of amides is 2. The third-order valence-corrected chi connectivity index (χ3v) is 6.35. The van der Waals surface area contributed by atoms with Gasteiger partial charge < -0.3 is 24.3 Å². The van der Waals surface area contributed by atoms with Gasteiger partial charge in [0.2, 0.25) is 5.91 Å². The topological polar surface area (TPSA) is 112 Å². The molecule has 5 atom stereocenters. The summed E-state index contributed by atoms with van der Waals surface area (Å²) in [7, 11) is 0. The maximum atomic E-state index is 12.7. The summed E-state index contributed by atoms with van der Waals surface area (Å²) in [5, 5.41) is 4.73. The number of hydrogen-bond donors (Lipinski definition) is 2. The zero-order valence-corrected chi connectivity index (χ0v) is 21.0. The first-order valence-electron chi connectivity index (χ1n) is 10.7. The van der Waals surface area contributed by atoms with Crippen molar-refractivity contribution < 1.29 is 33.3 Å². The number of hydrogen-bond acceptors (Lipinski definition) is 9. The van der Waals surface area contributed by atoms with Crippen LogP contribution in [0.2, 0.25) is 0 Å². The highest BCUT2D eigenvalue weighted by molar-refractivity contribution is 7.99. The van der Waals surface area contributed by atoms with Crippen molar-refractivity contribution in [2.75, 3.05) is 11.6 Å². The van der Waals surface area contributed by atoms with Crippen LogP contribution in [0.1, 0.15) is 13.8 Å². The van der Waals surface area contributed by atoms with E-state index < -0.39 is 41.7 Å². The predicted molar refractivity (Wildman–Crippen MR) is 135 cm³/mol. The number of benzene rings is 2. The molecule has 9 nitrogen and oxygen atoms in total. The first kappa shape index (κ1) is 26.3. The quantitative estimate of drug-likeness (QED) is 0.420. The second kappa shape index (κ2) is 12.4. The van der Waals surface area contributed by atoms with Gasteiger partial charge >= 0.3 is 17.3 Å². The van der Waals surface area contributed by atoms with Crippen LogP contribution in [0.3, 0.4) is 0 Å². The van der Waals surface area contributed by atoms with E-state index in [2.05, 4.69) is 10.6 Å². The van der Waals surface area contributed by atoms with Crippen molar-refractivity contribution in [1.82, 2.24) is 5.32 Å².